The average Bonchev–Trinajstić information content (AvgIpc) is 2.73. The normalized spacial score (nSPS) is 11.5. The van der Waals surface area contributed by atoms with Gasteiger partial charge in [-0.05, 0) is 50.1 Å². The number of sulfonamides is 1. The number of carbonyl (C=O) groups is 1. The number of carbonyl (C=O) groups excluding carboxylic acids is 1. The maximum Gasteiger partial charge on any atom is 0.285 e. The van der Waals surface area contributed by atoms with Gasteiger partial charge in [0.15, 0.2) is 0 Å². The van der Waals surface area contributed by atoms with Crippen LogP contribution in [0.5, 0.6) is 0 Å². The lowest BCUT2D eigenvalue weighted by molar-refractivity contribution is -0.385. The lowest BCUT2D eigenvalue weighted by Crippen LogP contribution is -2.33. The fourth-order valence-corrected chi connectivity index (χ4v) is 4.68. The van der Waals surface area contributed by atoms with Crippen LogP contribution in [0.4, 0.5) is 11.4 Å². The maximum absolute atomic E-state index is 13.0. The van der Waals surface area contributed by atoms with Gasteiger partial charge in [-0.3, -0.25) is 14.9 Å². The molecular formula is C22H29N3O5S. The zero-order chi connectivity index (χ0) is 23.0. The summed E-state index contributed by atoms with van der Waals surface area (Å²) in [6.07, 6.45) is 3.36. The highest BCUT2D eigenvalue weighted by atomic mass is 32.2. The molecule has 8 nitrogen and oxygen atoms in total. The molecule has 1 N–H and O–H groups in total. The molecule has 0 aliphatic carbocycles. The molecule has 2 aromatic rings. The quantitative estimate of drug-likeness (QED) is 0.395. The molecule has 0 saturated heterocycles. The van der Waals surface area contributed by atoms with E-state index in [-0.39, 0.29) is 16.1 Å². The summed E-state index contributed by atoms with van der Waals surface area (Å²) in [4.78, 5) is 23.5. The molecule has 0 aliphatic rings. The van der Waals surface area contributed by atoms with Crippen LogP contribution >= 0.6 is 0 Å². The lowest BCUT2D eigenvalue weighted by atomic mass is 10.1. The van der Waals surface area contributed by atoms with E-state index in [4.69, 9.17) is 0 Å². The average molecular weight is 448 g/mol. The molecule has 0 radical (unpaired) electrons. The van der Waals surface area contributed by atoms with E-state index in [9.17, 15) is 23.3 Å². The number of amides is 1. The van der Waals surface area contributed by atoms with Gasteiger partial charge in [0.05, 0.1) is 9.82 Å². The Hall–Kier alpha value is -2.78. The van der Waals surface area contributed by atoms with E-state index < -0.39 is 20.9 Å². The number of anilines is 1. The van der Waals surface area contributed by atoms with E-state index in [1.165, 1.54) is 34.6 Å². The fraction of sp³-hybridized carbons (Fsp3) is 0.409. The Morgan fingerprint density at radius 3 is 2.13 bits per heavy atom. The number of para-hydroxylation sites is 1. The van der Waals surface area contributed by atoms with E-state index in [2.05, 4.69) is 5.32 Å². The van der Waals surface area contributed by atoms with Gasteiger partial charge in [-0.1, -0.05) is 38.8 Å². The van der Waals surface area contributed by atoms with E-state index in [1.54, 1.807) is 19.1 Å². The first-order valence-electron chi connectivity index (χ1n) is 10.4. The molecule has 0 aromatic heterocycles. The van der Waals surface area contributed by atoms with Gasteiger partial charge in [0.1, 0.15) is 5.56 Å². The van der Waals surface area contributed by atoms with Crippen molar-refractivity contribution in [3.05, 3.63) is 63.7 Å². The number of nitrogens with zero attached hydrogens (tertiary/aromatic N) is 2. The number of benzene rings is 2. The minimum absolute atomic E-state index is 0.0491. The summed E-state index contributed by atoms with van der Waals surface area (Å²) in [6.45, 7) is 6.53. The Bertz CT molecular complexity index is 1010. The summed E-state index contributed by atoms with van der Waals surface area (Å²) in [7, 11) is -3.64. The SMILES string of the molecule is CCCCN(CCCC)S(=O)(=O)c1ccc(NC(=O)c2cccc(C)c2[N+](=O)[O-])cc1. The molecule has 0 heterocycles. The highest BCUT2D eigenvalue weighted by Crippen LogP contribution is 2.25. The van der Waals surface area contributed by atoms with Gasteiger partial charge in [0, 0.05) is 24.3 Å². The minimum Gasteiger partial charge on any atom is -0.322 e. The van der Waals surface area contributed by atoms with Crippen molar-refractivity contribution in [1.82, 2.24) is 4.31 Å². The summed E-state index contributed by atoms with van der Waals surface area (Å²) < 4.78 is 27.5. The van der Waals surface area contributed by atoms with E-state index >= 15 is 0 Å². The second-order valence-corrected chi connectivity index (χ2v) is 9.26. The van der Waals surface area contributed by atoms with Gasteiger partial charge < -0.3 is 5.32 Å². The van der Waals surface area contributed by atoms with Crippen molar-refractivity contribution in [1.29, 1.82) is 0 Å². The van der Waals surface area contributed by atoms with Crippen molar-refractivity contribution in [2.45, 2.75) is 51.3 Å². The Kier molecular flexibility index (Phi) is 8.70. The highest BCUT2D eigenvalue weighted by molar-refractivity contribution is 7.89. The summed E-state index contributed by atoms with van der Waals surface area (Å²) in [6, 6.07) is 10.4. The number of unbranched alkanes of at least 4 members (excludes halogenated alkanes) is 2. The second kappa shape index (κ2) is 11.0. The molecule has 31 heavy (non-hydrogen) atoms. The molecule has 0 unspecified atom stereocenters. The van der Waals surface area contributed by atoms with Gasteiger partial charge in [0.2, 0.25) is 10.0 Å². The maximum atomic E-state index is 13.0. The van der Waals surface area contributed by atoms with E-state index in [0.29, 0.717) is 24.3 Å². The number of nitro benzene ring substituents is 1. The molecule has 0 atom stereocenters. The summed E-state index contributed by atoms with van der Waals surface area (Å²) in [5, 5.41) is 13.9. The van der Waals surface area contributed by atoms with Crippen molar-refractivity contribution < 1.29 is 18.1 Å². The fourth-order valence-electron chi connectivity index (χ4n) is 3.16. The molecule has 168 valence electrons. The van der Waals surface area contributed by atoms with Crippen LogP contribution in [0.15, 0.2) is 47.4 Å². The number of nitrogens with one attached hydrogen (secondary N) is 1. The summed E-state index contributed by atoms with van der Waals surface area (Å²) in [5.41, 5.74) is 0.445. The zero-order valence-corrected chi connectivity index (χ0v) is 18.9. The smallest absolute Gasteiger partial charge is 0.285 e. The van der Waals surface area contributed by atoms with E-state index in [1.807, 2.05) is 13.8 Å². The predicted octanol–water partition coefficient (Wildman–Crippen LogP) is 4.75. The van der Waals surface area contributed by atoms with Crippen molar-refractivity contribution in [2.24, 2.45) is 0 Å². The Balaban J connectivity index is 2.22. The number of aryl methyl sites for hydroxylation is 1. The third-order valence-electron chi connectivity index (χ3n) is 4.94. The number of rotatable bonds is 11. The van der Waals surface area contributed by atoms with Crippen LogP contribution in [-0.2, 0) is 10.0 Å². The summed E-state index contributed by atoms with van der Waals surface area (Å²) >= 11 is 0. The second-order valence-electron chi connectivity index (χ2n) is 7.32. The Labute approximate surface area is 183 Å². The zero-order valence-electron chi connectivity index (χ0n) is 18.1. The van der Waals surface area contributed by atoms with Crippen molar-refractivity contribution in [3.63, 3.8) is 0 Å². The van der Waals surface area contributed by atoms with Crippen molar-refractivity contribution >= 4 is 27.3 Å². The molecule has 0 aliphatic heterocycles. The number of hydrogen-bond donors (Lipinski definition) is 1. The van der Waals surface area contributed by atoms with Crippen LogP contribution in [-0.4, -0.2) is 36.6 Å². The van der Waals surface area contributed by atoms with Gasteiger partial charge in [-0.2, -0.15) is 4.31 Å². The third kappa shape index (κ3) is 6.11. The monoisotopic (exact) mass is 447 g/mol. The molecule has 9 heteroatoms. The first-order chi connectivity index (χ1) is 14.7. The van der Waals surface area contributed by atoms with Crippen LogP contribution < -0.4 is 5.32 Å². The van der Waals surface area contributed by atoms with Gasteiger partial charge in [0.25, 0.3) is 11.6 Å². The third-order valence-corrected chi connectivity index (χ3v) is 6.85. The van der Waals surface area contributed by atoms with Gasteiger partial charge in [-0.25, -0.2) is 8.42 Å². The largest absolute Gasteiger partial charge is 0.322 e. The first-order valence-corrected chi connectivity index (χ1v) is 11.8. The summed E-state index contributed by atoms with van der Waals surface area (Å²) in [5.74, 6) is -0.626. The van der Waals surface area contributed by atoms with Crippen LogP contribution in [0.25, 0.3) is 0 Å². The molecule has 0 spiro atoms. The molecule has 0 bridgehead atoms. The van der Waals surface area contributed by atoms with Crippen LogP contribution in [0.1, 0.15) is 55.5 Å². The standard InChI is InChI=1S/C22H29N3O5S/c1-4-6-15-24(16-7-5-2)31(29,30)19-13-11-18(12-14-19)23-22(26)20-10-8-9-17(3)21(20)25(27)28/h8-14H,4-7,15-16H2,1-3H3,(H,23,26). The molecule has 0 saturated carbocycles. The minimum atomic E-state index is -3.64. The first kappa shape index (κ1) is 24.5. The van der Waals surface area contributed by atoms with Crippen LogP contribution in [0, 0.1) is 17.0 Å². The van der Waals surface area contributed by atoms with E-state index in [0.717, 1.165) is 25.7 Å². The number of nitro groups is 1. The molecule has 1 amide bonds. The molecule has 2 aromatic carbocycles. The van der Waals surface area contributed by atoms with Gasteiger partial charge >= 0.3 is 0 Å². The lowest BCUT2D eigenvalue weighted by Gasteiger charge is -2.22. The molecular weight excluding hydrogens is 418 g/mol. The van der Waals surface area contributed by atoms with Crippen LogP contribution in [0.3, 0.4) is 0 Å². The number of hydrogen-bond acceptors (Lipinski definition) is 5. The van der Waals surface area contributed by atoms with Crippen molar-refractivity contribution in [2.75, 3.05) is 18.4 Å². The van der Waals surface area contributed by atoms with Crippen LogP contribution in [0.2, 0.25) is 0 Å². The Morgan fingerprint density at radius 2 is 1.61 bits per heavy atom. The Morgan fingerprint density at radius 1 is 1.03 bits per heavy atom. The molecule has 0 fully saturated rings. The van der Waals surface area contributed by atoms with Crippen molar-refractivity contribution in [3.8, 4) is 0 Å². The highest BCUT2D eigenvalue weighted by Gasteiger charge is 2.25. The predicted molar refractivity (Wildman–Crippen MR) is 121 cm³/mol. The van der Waals surface area contributed by atoms with Gasteiger partial charge in [-0.15, -0.1) is 0 Å². The topological polar surface area (TPSA) is 110 Å². The molecule has 2 rings (SSSR count).